The van der Waals surface area contributed by atoms with Crippen LogP contribution in [0.15, 0.2) is 12.1 Å². The summed E-state index contributed by atoms with van der Waals surface area (Å²) in [6.45, 7) is 5.88. The maximum absolute atomic E-state index is 11.8. The summed E-state index contributed by atoms with van der Waals surface area (Å²) in [7, 11) is 0.528. The van der Waals surface area contributed by atoms with Crippen LogP contribution in [0, 0.1) is 0 Å². The molecule has 0 spiro atoms. The summed E-state index contributed by atoms with van der Waals surface area (Å²) >= 11 is 0. The highest BCUT2D eigenvalue weighted by Gasteiger charge is 2.25. The van der Waals surface area contributed by atoms with Crippen LogP contribution in [0.1, 0.15) is 20.7 Å². The predicted octanol–water partition coefficient (Wildman–Crippen LogP) is 2.06. The molecule has 0 saturated carbocycles. The van der Waals surface area contributed by atoms with Crippen LogP contribution in [-0.4, -0.2) is 34.5 Å². The summed E-state index contributed by atoms with van der Waals surface area (Å²) in [5, 5.41) is 0. The van der Waals surface area contributed by atoms with Crippen molar-refractivity contribution in [2.75, 3.05) is 20.0 Å². The quantitative estimate of drug-likeness (QED) is 0.520. The summed E-state index contributed by atoms with van der Waals surface area (Å²) in [5.41, 5.74) is 6.40. The van der Waals surface area contributed by atoms with Crippen LogP contribution >= 0.6 is 0 Å². The molecule has 0 aliphatic rings. The Bertz CT molecular complexity index is 536. The van der Waals surface area contributed by atoms with E-state index in [0.29, 0.717) is 0 Å². The lowest BCUT2D eigenvalue weighted by Crippen LogP contribution is -2.31. The Balaban J connectivity index is 3.42. The Hall–Kier alpha value is -2.02. The number of carbonyl (C=O) groups excluding carboxylic acids is 2. The first-order valence-electron chi connectivity index (χ1n) is 5.98. The highest BCUT2D eigenvalue weighted by atomic mass is 28.4. The minimum atomic E-state index is -1.98. The third-order valence-electron chi connectivity index (χ3n) is 2.35. The number of rotatable bonds is 4. The standard InChI is InChI=1S/C13H19NO5Si/c1-17-12(15)8-6-9(13(16)18-2)11(10(14)7-8)19-20(3,4)5/h6-7H,14H2,1-5H3. The predicted molar refractivity (Wildman–Crippen MR) is 77.5 cm³/mol. The minimum absolute atomic E-state index is 0.121. The highest BCUT2D eigenvalue weighted by molar-refractivity contribution is 6.70. The lowest BCUT2D eigenvalue weighted by molar-refractivity contribution is 0.0598. The first-order chi connectivity index (χ1) is 9.19. The normalized spacial score (nSPS) is 10.8. The van der Waals surface area contributed by atoms with E-state index >= 15 is 0 Å². The summed E-state index contributed by atoms with van der Waals surface area (Å²) < 4.78 is 15.1. The number of hydrogen-bond acceptors (Lipinski definition) is 6. The number of benzene rings is 1. The van der Waals surface area contributed by atoms with Crippen molar-refractivity contribution >= 4 is 25.9 Å². The molecule has 6 nitrogen and oxygen atoms in total. The summed E-state index contributed by atoms with van der Waals surface area (Å²) in [4.78, 5) is 23.4. The molecule has 0 unspecified atom stereocenters. The van der Waals surface area contributed by atoms with Crippen LogP contribution in [0.4, 0.5) is 5.69 Å². The van der Waals surface area contributed by atoms with Gasteiger partial charge in [-0.2, -0.15) is 0 Å². The summed E-state index contributed by atoms with van der Waals surface area (Å²) in [6, 6.07) is 2.79. The zero-order chi connectivity index (χ0) is 15.5. The molecule has 20 heavy (non-hydrogen) atoms. The van der Waals surface area contributed by atoms with Crippen LogP contribution in [-0.2, 0) is 9.47 Å². The smallest absolute Gasteiger partial charge is 0.341 e. The number of anilines is 1. The average molecular weight is 297 g/mol. The van der Waals surface area contributed by atoms with Crippen molar-refractivity contribution in [3.63, 3.8) is 0 Å². The van der Waals surface area contributed by atoms with E-state index in [0.717, 1.165) is 0 Å². The number of nitrogens with two attached hydrogens (primary N) is 1. The van der Waals surface area contributed by atoms with Crippen LogP contribution in [0.3, 0.4) is 0 Å². The Morgan fingerprint density at radius 1 is 1.05 bits per heavy atom. The average Bonchev–Trinajstić information content (AvgIpc) is 2.37. The van der Waals surface area contributed by atoms with Gasteiger partial charge in [0.15, 0.2) is 0 Å². The van der Waals surface area contributed by atoms with Gasteiger partial charge in [-0.25, -0.2) is 9.59 Å². The Kier molecular flexibility index (Phi) is 4.77. The van der Waals surface area contributed by atoms with Gasteiger partial charge in [0.2, 0.25) is 8.32 Å². The van der Waals surface area contributed by atoms with Crippen LogP contribution < -0.4 is 10.2 Å². The Labute approximate surface area is 118 Å². The fourth-order valence-corrected chi connectivity index (χ4v) is 2.41. The molecule has 0 aliphatic carbocycles. The van der Waals surface area contributed by atoms with Gasteiger partial charge in [-0.15, -0.1) is 0 Å². The number of hydrogen-bond donors (Lipinski definition) is 1. The number of carbonyl (C=O) groups is 2. The maximum atomic E-state index is 11.8. The second-order valence-corrected chi connectivity index (χ2v) is 9.57. The molecule has 0 heterocycles. The van der Waals surface area contributed by atoms with Gasteiger partial charge in [0.05, 0.1) is 25.5 Å². The second-order valence-electron chi connectivity index (χ2n) is 5.14. The molecule has 0 atom stereocenters. The summed E-state index contributed by atoms with van der Waals surface area (Å²) in [6.07, 6.45) is 0. The van der Waals surface area contributed by atoms with E-state index in [1.807, 2.05) is 19.6 Å². The molecule has 0 fully saturated rings. The van der Waals surface area contributed by atoms with E-state index in [9.17, 15) is 9.59 Å². The number of ether oxygens (including phenoxy) is 2. The fourth-order valence-electron chi connectivity index (χ4n) is 1.57. The fraction of sp³-hybridized carbons (Fsp3) is 0.385. The van der Waals surface area contributed by atoms with Gasteiger partial charge in [0, 0.05) is 0 Å². The van der Waals surface area contributed by atoms with Crippen LogP contribution in [0.5, 0.6) is 5.75 Å². The molecule has 2 N–H and O–H groups in total. The van der Waals surface area contributed by atoms with Gasteiger partial charge in [0.1, 0.15) is 11.3 Å². The Morgan fingerprint density at radius 3 is 2.05 bits per heavy atom. The van der Waals surface area contributed by atoms with Gasteiger partial charge in [-0.1, -0.05) is 0 Å². The van der Waals surface area contributed by atoms with Gasteiger partial charge < -0.3 is 19.6 Å². The minimum Gasteiger partial charge on any atom is -0.542 e. The van der Waals surface area contributed by atoms with Crippen molar-refractivity contribution in [1.82, 2.24) is 0 Å². The van der Waals surface area contributed by atoms with E-state index in [-0.39, 0.29) is 22.6 Å². The number of methoxy groups -OCH3 is 2. The van der Waals surface area contributed by atoms with Gasteiger partial charge in [0.25, 0.3) is 0 Å². The molecule has 0 bridgehead atoms. The van der Waals surface area contributed by atoms with E-state index < -0.39 is 20.3 Å². The lowest BCUT2D eigenvalue weighted by Gasteiger charge is -2.22. The largest absolute Gasteiger partial charge is 0.542 e. The molecule has 0 aromatic heterocycles. The van der Waals surface area contributed by atoms with E-state index in [2.05, 4.69) is 4.74 Å². The highest BCUT2D eigenvalue weighted by Crippen LogP contribution is 2.31. The number of nitrogen functional groups attached to an aromatic ring is 1. The third kappa shape index (κ3) is 3.73. The molecular weight excluding hydrogens is 278 g/mol. The SMILES string of the molecule is COC(=O)c1cc(N)c(O[Si](C)(C)C)c(C(=O)OC)c1. The van der Waals surface area contributed by atoms with Crippen molar-refractivity contribution in [1.29, 1.82) is 0 Å². The van der Waals surface area contributed by atoms with Crippen molar-refractivity contribution in [3.05, 3.63) is 23.3 Å². The van der Waals surface area contributed by atoms with E-state index in [1.54, 1.807) is 0 Å². The van der Waals surface area contributed by atoms with Crippen LogP contribution in [0.2, 0.25) is 19.6 Å². The van der Waals surface area contributed by atoms with Crippen molar-refractivity contribution in [3.8, 4) is 5.75 Å². The van der Waals surface area contributed by atoms with Gasteiger partial charge in [-0.3, -0.25) is 0 Å². The van der Waals surface area contributed by atoms with E-state index in [1.165, 1.54) is 26.4 Å². The molecule has 7 heteroatoms. The van der Waals surface area contributed by atoms with Crippen LogP contribution in [0.25, 0.3) is 0 Å². The van der Waals surface area contributed by atoms with Gasteiger partial charge in [-0.05, 0) is 31.8 Å². The van der Waals surface area contributed by atoms with Gasteiger partial charge >= 0.3 is 11.9 Å². The topological polar surface area (TPSA) is 87.9 Å². The van der Waals surface area contributed by atoms with Crippen molar-refractivity contribution in [2.24, 2.45) is 0 Å². The third-order valence-corrected chi connectivity index (χ3v) is 3.17. The molecule has 0 radical (unpaired) electrons. The van der Waals surface area contributed by atoms with Crippen molar-refractivity contribution in [2.45, 2.75) is 19.6 Å². The zero-order valence-electron chi connectivity index (χ0n) is 12.3. The molecule has 110 valence electrons. The molecule has 1 rings (SSSR count). The first kappa shape index (κ1) is 16.0. The monoisotopic (exact) mass is 297 g/mol. The van der Waals surface area contributed by atoms with E-state index in [4.69, 9.17) is 14.9 Å². The maximum Gasteiger partial charge on any atom is 0.341 e. The zero-order valence-corrected chi connectivity index (χ0v) is 13.3. The Morgan fingerprint density at radius 2 is 1.60 bits per heavy atom. The molecule has 0 saturated heterocycles. The summed E-state index contributed by atoms with van der Waals surface area (Å²) in [5.74, 6) is -0.944. The molecule has 0 aliphatic heterocycles. The second kappa shape index (κ2) is 5.95. The lowest BCUT2D eigenvalue weighted by atomic mass is 10.1. The molecule has 1 aromatic carbocycles. The number of esters is 2. The molecular formula is C13H19NO5Si. The van der Waals surface area contributed by atoms with Crippen molar-refractivity contribution < 1.29 is 23.5 Å². The first-order valence-corrected chi connectivity index (χ1v) is 9.39. The molecule has 1 aromatic rings. The molecule has 0 amide bonds.